The lowest BCUT2D eigenvalue weighted by Crippen LogP contribution is -2.15. The number of amides is 1. The van der Waals surface area contributed by atoms with Crippen LogP contribution in [0.25, 0.3) is 0 Å². The molecule has 1 aromatic heterocycles. The smallest absolute Gasteiger partial charge is 0.337 e. The molecule has 8 nitrogen and oxygen atoms in total. The van der Waals surface area contributed by atoms with E-state index in [2.05, 4.69) is 25.3 Å². The topological polar surface area (TPSA) is 102 Å². The average Bonchev–Trinajstić information content (AvgIpc) is 2.74. The van der Waals surface area contributed by atoms with E-state index in [-0.39, 0.29) is 17.5 Å². The van der Waals surface area contributed by atoms with Crippen LogP contribution in [0.1, 0.15) is 26.4 Å². The van der Waals surface area contributed by atoms with E-state index in [1.54, 1.807) is 37.4 Å². The molecule has 1 heterocycles. The van der Waals surface area contributed by atoms with Gasteiger partial charge in [0.1, 0.15) is 11.4 Å². The molecule has 0 aliphatic heterocycles. The molecule has 2 aromatic carbocycles. The number of ether oxygens (including phenoxy) is 2. The molecule has 0 bridgehead atoms. The van der Waals surface area contributed by atoms with Crippen LogP contribution in [0.15, 0.2) is 54.7 Å². The summed E-state index contributed by atoms with van der Waals surface area (Å²) in [4.78, 5) is 32.5. The number of anilines is 3. The number of benzene rings is 2. The summed E-state index contributed by atoms with van der Waals surface area (Å²) in [5, 5.41) is 5.80. The van der Waals surface area contributed by atoms with Crippen molar-refractivity contribution in [3.8, 4) is 5.75 Å². The Morgan fingerprint density at radius 1 is 1.00 bits per heavy atom. The Kier molecular flexibility index (Phi) is 6.03. The van der Waals surface area contributed by atoms with E-state index in [9.17, 15) is 9.59 Å². The van der Waals surface area contributed by atoms with Gasteiger partial charge in [0, 0.05) is 11.9 Å². The van der Waals surface area contributed by atoms with Crippen LogP contribution in [-0.2, 0) is 4.74 Å². The van der Waals surface area contributed by atoms with E-state index in [0.717, 1.165) is 5.56 Å². The summed E-state index contributed by atoms with van der Waals surface area (Å²) in [6.07, 6.45) is 1.49. The van der Waals surface area contributed by atoms with Gasteiger partial charge in [0.2, 0.25) is 5.95 Å². The van der Waals surface area contributed by atoms with E-state index in [0.29, 0.717) is 22.7 Å². The van der Waals surface area contributed by atoms with Crippen LogP contribution in [-0.4, -0.2) is 36.1 Å². The fraction of sp³-hybridized carbons (Fsp3) is 0.143. The number of nitrogens with zero attached hydrogens (tertiary/aromatic N) is 2. The molecular weight excluding hydrogens is 372 g/mol. The molecule has 0 unspecified atom stereocenters. The van der Waals surface area contributed by atoms with Crippen molar-refractivity contribution in [3.63, 3.8) is 0 Å². The maximum Gasteiger partial charge on any atom is 0.337 e. The molecule has 8 heteroatoms. The highest BCUT2D eigenvalue weighted by molar-refractivity contribution is 6.03. The first-order valence-electron chi connectivity index (χ1n) is 8.74. The second kappa shape index (κ2) is 8.83. The number of rotatable bonds is 6. The minimum atomic E-state index is -0.418. The number of carbonyl (C=O) groups excluding carboxylic acids is 2. The van der Waals surface area contributed by atoms with Gasteiger partial charge in [-0.3, -0.25) is 4.79 Å². The molecule has 3 rings (SSSR count). The fourth-order valence-electron chi connectivity index (χ4n) is 2.59. The Bertz CT molecular complexity index is 1040. The van der Waals surface area contributed by atoms with Gasteiger partial charge in [-0.1, -0.05) is 6.07 Å². The molecule has 0 saturated carbocycles. The normalized spacial score (nSPS) is 10.2. The van der Waals surface area contributed by atoms with Crippen LogP contribution in [0.2, 0.25) is 0 Å². The molecule has 29 heavy (non-hydrogen) atoms. The monoisotopic (exact) mass is 392 g/mol. The van der Waals surface area contributed by atoms with Crippen LogP contribution < -0.4 is 15.4 Å². The number of nitrogens with one attached hydrogen (secondary N) is 2. The molecule has 0 atom stereocenters. The van der Waals surface area contributed by atoms with Crippen LogP contribution >= 0.6 is 0 Å². The third-order valence-corrected chi connectivity index (χ3v) is 4.05. The maximum absolute atomic E-state index is 12.6. The SMILES string of the molecule is COC(=O)c1ccc(Nc2nccc(C(=O)Nc3cc(C)ccc3OC)n2)cc1. The third-order valence-electron chi connectivity index (χ3n) is 4.05. The van der Waals surface area contributed by atoms with Crippen molar-refractivity contribution >= 4 is 29.2 Å². The summed E-state index contributed by atoms with van der Waals surface area (Å²) >= 11 is 0. The molecular formula is C21H20N4O4. The van der Waals surface area contributed by atoms with Gasteiger partial charge in [-0.25, -0.2) is 14.8 Å². The summed E-state index contributed by atoms with van der Waals surface area (Å²) in [6, 6.07) is 13.6. The van der Waals surface area contributed by atoms with Crippen molar-refractivity contribution in [3.05, 3.63) is 71.5 Å². The summed E-state index contributed by atoms with van der Waals surface area (Å²) in [6.45, 7) is 1.92. The van der Waals surface area contributed by atoms with E-state index >= 15 is 0 Å². The largest absolute Gasteiger partial charge is 0.495 e. The quantitative estimate of drug-likeness (QED) is 0.618. The van der Waals surface area contributed by atoms with Gasteiger partial charge in [0.15, 0.2) is 0 Å². The molecule has 3 aromatic rings. The Morgan fingerprint density at radius 2 is 1.76 bits per heavy atom. The predicted molar refractivity (Wildman–Crippen MR) is 109 cm³/mol. The molecule has 0 aliphatic carbocycles. The van der Waals surface area contributed by atoms with Gasteiger partial charge in [0.05, 0.1) is 25.5 Å². The van der Waals surface area contributed by atoms with Crippen molar-refractivity contribution in [1.29, 1.82) is 0 Å². The number of hydrogen-bond donors (Lipinski definition) is 2. The van der Waals surface area contributed by atoms with E-state index in [1.807, 2.05) is 19.1 Å². The molecule has 0 saturated heterocycles. The summed E-state index contributed by atoms with van der Waals surface area (Å²) in [5.41, 5.74) is 2.83. The molecule has 2 N–H and O–H groups in total. The highest BCUT2D eigenvalue weighted by Crippen LogP contribution is 2.25. The summed E-state index contributed by atoms with van der Waals surface area (Å²) in [7, 11) is 2.86. The van der Waals surface area contributed by atoms with Gasteiger partial charge in [-0.2, -0.15) is 0 Å². The number of methoxy groups -OCH3 is 2. The lowest BCUT2D eigenvalue weighted by atomic mass is 10.2. The van der Waals surface area contributed by atoms with Crippen molar-refractivity contribution in [2.75, 3.05) is 24.9 Å². The van der Waals surface area contributed by atoms with E-state index in [4.69, 9.17) is 4.74 Å². The Labute approximate surface area is 167 Å². The summed E-state index contributed by atoms with van der Waals surface area (Å²) in [5.74, 6) is 0.000148. The minimum Gasteiger partial charge on any atom is -0.495 e. The van der Waals surface area contributed by atoms with Crippen LogP contribution in [0.4, 0.5) is 17.3 Å². The van der Waals surface area contributed by atoms with Crippen molar-refractivity contribution in [1.82, 2.24) is 9.97 Å². The van der Waals surface area contributed by atoms with Gasteiger partial charge in [-0.05, 0) is 55.0 Å². The number of esters is 1. The Hall–Kier alpha value is -3.94. The fourth-order valence-corrected chi connectivity index (χ4v) is 2.59. The predicted octanol–water partition coefficient (Wildman–Crippen LogP) is 3.58. The molecule has 0 fully saturated rings. The first kappa shape index (κ1) is 19.8. The van der Waals surface area contributed by atoms with Gasteiger partial charge < -0.3 is 20.1 Å². The van der Waals surface area contributed by atoms with Crippen molar-refractivity contribution in [2.45, 2.75) is 6.92 Å². The minimum absolute atomic E-state index is 0.192. The molecule has 0 spiro atoms. The van der Waals surface area contributed by atoms with Gasteiger partial charge >= 0.3 is 5.97 Å². The highest BCUT2D eigenvalue weighted by atomic mass is 16.5. The summed E-state index contributed by atoms with van der Waals surface area (Å²) < 4.78 is 9.95. The zero-order chi connectivity index (χ0) is 20.8. The second-order valence-electron chi connectivity index (χ2n) is 6.12. The number of aryl methyl sites for hydroxylation is 1. The molecule has 0 aliphatic rings. The number of aromatic nitrogens is 2. The molecule has 148 valence electrons. The Morgan fingerprint density at radius 3 is 2.45 bits per heavy atom. The van der Waals surface area contributed by atoms with Crippen LogP contribution in [0.3, 0.4) is 0 Å². The lowest BCUT2D eigenvalue weighted by Gasteiger charge is -2.11. The lowest BCUT2D eigenvalue weighted by molar-refractivity contribution is 0.0600. The van der Waals surface area contributed by atoms with Gasteiger partial charge in [0.25, 0.3) is 5.91 Å². The van der Waals surface area contributed by atoms with Crippen LogP contribution in [0.5, 0.6) is 5.75 Å². The first-order chi connectivity index (χ1) is 14.0. The first-order valence-corrected chi connectivity index (χ1v) is 8.74. The van der Waals surface area contributed by atoms with Crippen molar-refractivity contribution < 1.29 is 19.1 Å². The zero-order valence-corrected chi connectivity index (χ0v) is 16.2. The number of carbonyl (C=O) groups is 2. The molecule has 1 amide bonds. The third kappa shape index (κ3) is 4.86. The number of hydrogen-bond acceptors (Lipinski definition) is 7. The zero-order valence-electron chi connectivity index (χ0n) is 16.2. The van der Waals surface area contributed by atoms with E-state index in [1.165, 1.54) is 19.4 Å². The van der Waals surface area contributed by atoms with Gasteiger partial charge in [-0.15, -0.1) is 0 Å². The second-order valence-corrected chi connectivity index (χ2v) is 6.12. The maximum atomic E-state index is 12.6. The highest BCUT2D eigenvalue weighted by Gasteiger charge is 2.13. The standard InChI is InChI=1S/C21H20N4O4/c1-13-4-9-18(28-2)17(12-13)24-19(26)16-10-11-22-21(25-16)23-15-7-5-14(6-8-15)20(27)29-3/h4-12H,1-3H3,(H,24,26)(H,22,23,25). The van der Waals surface area contributed by atoms with E-state index < -0.39 is 5.97 Å². The average molecular weight is 392 g/mol. The van der Waals surface area contributed by atoms with Crippen molar-refractivity contribution in [2.24, 2.45) is 0 Å². The molecule has 0 radical (unpaired) electrons. The van der Waals surface area contributed by atoms with Crippen LogP contribution in [0, 0.1) is 6.92 Å². The Balaban J connectivity index is 1.74.